The van der Waals surface area contributed by atoms with E-state index in [1.165, 1.54) is 25.9 Å². The van der Waals surface area contributed by atoms with E-state index >= 15 is 0 Å². The van der Waals surface area contributed by atoms with E-state index in [0.717, 1.165) is 37.9 Å². The van der Waals surface area contributed by atoms with Crippen molar-refractivity contribution < 1.29 is 4.74 Å². The van der Waals surface area contributed by atoms with Gasteiger partial charge in [-0.1, -0.05) is 25.1 Å². The number of aliphatic imine (C=N–C) groups is 1. The van der Waals surface area contributed by atoms with Crippen LogP contribution in [0.15, 0.2) is 35.3 Å². The summed E-state index contributed by atoms with van der Waals surface area (Å²) in [6, 6.07) is 9.90. The van der Waals surface area contributed by atoms with Gasteiger partial charge in [0.25, 0.3) is 0 Å². The molecule has 2 rings (SSSR count). The molecule has 1 aromatic rings. The molecule has 1 aromatic carbocycles. The van der Waals surface area contributed by atoms with Crippen molar-refractivity contribution in [1.29, 1.82) is 0 Å². The van der Waals surface area contributed by atoms with Crippen LogP contribution in [-0.4, -0.2) is 56.7 Å². The molecule has 1 aliphatic heterocycles. The fraction of sp³-hybridized carbons (Fsp3) is 0.632. The highest BCUT2D eigenvalue weighted by atomic mass is 16.5. The third kappa shape index (κ3) is 7.21. The molecule has 0 aliphatic carbocycles. The highest BCUT2D eigenvalue weighted by Crippen LogP contribution is 2.10. The van der Waals surface area contributed by atoms with Gasteiger partial charge in [-0.25, -0.2) is 0 Å². The first-order valence-corrected chi connectivity index (χ1v) is 9.20. The number of likely N-dealkylation sites (tertiary alicyclic amines) is 1. The summed E-state index contributed by atoms with van der Waals surface area (Å²) in [7, 11) is 0. The number of nitrogens with zero attached hydrogens (tertiary/aromatic N) is 2. The Labute approximate surface area is 146 Å². The van der Waals surface area contributed by atoms with E-state index < -0.39 is 0 Å². The van der Waals surface area contributed by atoms with Gasteiger partial charge in [-0.3, -0.25) is 4.99 Å². The molecule has 0 saturated carbocycles. The molecule has 2 N–H and O–H groups in total. The van der Waals surface area contributed by atoms with Gasteiger partial charge in [0.05, 0.1) is 6.54 Å². The first kappa shape index (κ1) is 18.6. The molecule has 1 fully saturated rings. The van der Waals surface area contributed by atoms with E-state index in [0.29, 0.717) is 12.5 Å². The molecule has 1 saturated heterocycles. The number of para-hydroxylation sites is 1. The van der Waals surface area contributed by atoms with Gasteiger partial charge in [0.1, 0.15) is 12.4 Å². The topological polar surface area (TPSA) is 48.9 Å². The van der Waals surface area contributed by atoms with Crippen LogP contribution in [0.1, 0.15) is 26.7 Å². The lowest BCUT2D eigenvalue weighted by molar-refractivity contribution is 0.291. The second kappa shape index (κ2) is 10.9. The number of hydrogen-bond acceptors (Lipinski definition) is 3. The minimum atomic E-state index is 0.583. The van der Waals surface area contributed by atoms with Crippen molar-refractivity contribution in [3.05, 3.63) is 30.3 Å². The van der Waals surface area contributed by atoms with Gasteiger partial charge in [0.2, 0.25) is 0 Å². The Morgan fingerprint density at radius 2 is 1.96 bits per heavy atom. The van der Waals surface area contributed by atoms with Crippen molar-refractivity contribution >= 4 is 5.96 Å². The third-order valence-electron chi connectivity index (χ3n) is 4.08. The van der Waals surface area contributed by atoms with Gasteiger partial charge in [-0.15, -0.1) is 0 Å². The number of guanidine groups is 1. The lowest BCUT2D eigenvalue weighted by atomic mass is 10.2. The van der Waals surface area contributed by atoms with Gasteiger partial charge in [-0.2, -0.15) is 0 Å². The summed E-state index contributed by atoms with van der Waals surface area (Å²) >= 11 is 0. The molecule has 134 valence electrons. The van der Waals surface area contributed by atoms with Crippen LogP contribution < -0.4 is 15.4 Å². The van der Waals surface area contributed by atoms with Crippen molar-refractivity contribution in [2.45, 2.75) is 26.7 Å². The Balaban J connectivity index is 1.67. The predicted octanol–water partition coefficient (Wildman–Crippen LogP) is 2.35. The lowest BCUT2D eigenvalue weighted by Gasteiger charge is -2.19. The summed E-state index contributed by atoms with van der Waals surface area (Å²) in [5, 5.41) is 6.64. The van der Waals surface area contributed by atoms with Crippen LogP contribution >= 0.6 is 0 Å². The number of nitrogens with one attached hydrogen (secondary N) is 2. The second-order valence-electron chi connectivity index (χ2n) is 6.42. The van der Waals surface area contributed by atoms with Crippen molar-refractivity contribution in [2.24, 2.45) is 10.9 Å². The first-order valence-electron chi connectivity index (χ1n) is 9.20. The van der Waals surface area contributed by atoms with E-state index in [-0.39, 0.29) is 0 Å². The SMILES string of the molecule is CCNC(=NCC(C)CN1CCCC1)NCCOc1ccccc1. The van der Waals surface area contributed by atoms with Gasteiger partial charge in [0.15, 0.2) is 5.96 Å². The van der Waals surface area contributed by atoms with E-state index in [9.17, 15) is 0 Å². The lowest BCUT2D eigenvalue weighted by Crippen LogP contribution is -2.40. The molecule has 0 spiro atoms. The number of hydrogen-bond donors (Lipinski definition) is 2. The molecule has 0 radical (unpaired) electrons. The molecule has 0 amide bonds. The van der Waals surface area contributed by atoms with Crippen LogP contribution in [0.2, 0.25) is 0 Å². The van der Waals surface area contributed by atoms with E-state index in [1.807, 2.05) is 30.3 Å². The van der Waals surface area contributed by atoms with Crippen LogP contribution in [0, 0.1) is 5.92 Å². The normalized spacial score (nSPS) is 16.8. The number of benzene rings is 1. The predicted molar refractivity (Wildman–Crippen MR) is 101 cm³/mol. The number of rotatable bonds is 9. The molecular weight excluding hydrogens is 300 g/mol. The van der Waals surface area contributed by atoms with Crippen LogP contribution in [0.5, 0.6) is 5.75 Å². The van der Waals surface area contributed by atoms with Crippen molar-refractivity contribution in [1.82, 2.24) is 15.5 Å². The van der Waals surface area contributed by atoms with Gasteiger partial charge >= 0.3 is 0 Å². The van der Waals surface area contributed by atoms with Crippen molar-refractivity contribution in [3.8, 4) is 5.75 Å². The molecule has 1 aliphatic rings. The Kier molecular flexibility index (Phi) is 8.46. The zero-order valence-electron chi connectivity index (χ0n) is 15.1. The van der Waals surface area contributed by atoms with Crippen molar-refractivity contribution in [2.75, 3.05) is 45.9 Å². The molecule has 24 heavy (non-hydrogen) atoms. The Bertz CT molecular complexity index is 472. The summed E-state index contributed by atoms with van der Waals surface area (Å²) < 4.78 is 5.70. The highest BCUT2D eigenvalue weighted by Gasteiger charge is 2.14. The molecule has 1 heterocycles. The smallest absolute Gasteiger partial charge is 0.191 e. The summed E-state index contributed by atoms with van der Waals surface area (Å²) in [6.07, 6.45) is 2.70. The zero-order chi connectivity index (χ0) is 17.0. The quantitative estimate of drug-likeness (QED) is 0.414. The Hall–Kier alpha value is -1.75. The average Bonchev–Trinajstić information content (AvgIpc) is 3.10. The largest absolute Gasteiger partial charge is 0.492 e. The fourth-order valence-electron chi connectivity index (χ4n) is 2.91. The minimum Gasteiger partial charge on any atom is -0.492 e. The van der Waals surface area contributed by atoms with Crippen molar-refractivity contribution in [3.63, 3.8) is 0 Å². The Morgan fingerprint density at radius 1 is 1.21 bits per heavy atom. The molecular formula is C19H32N4O. The van der Waals surface area contributed by atoms with Crippen LogP contribution in [0.4, 0.5) is 0 Å². The van der Waals surface area contributed by atoms with Gasteiger partial charge in [0, 0.05) is 19.6 Å². The van der Waals surface area contributed by atoms with Gasteiger partial charge < -0.3 is 20.3 Å². The van der Waals surface area contributed by atoms with E-state index in [4.69, 9.17) is 9.73 Å². The first-order chi connectivity index (χ1) is 11.8. The summed E-state index contributed by atoms with van der Waals surface area (Å²) in [5.41, 5.74) is 0. The average molecular weight is 332 g/mol. The molecule has 0 aromatic heterocycles. The van der Waals surface area contributed by atoms with E-state index in [2.05, 4.69) is 29.4 Å². The molecule has 0 bridgehead atoms. The summed E-state index contributed by atoms with van der Waals surface area (Å²) in [5.74, 6) is 2.36. The van der Waals surface area contributed by atoms with Crippen LogP contribution in [-0.2, 0) is 0 Å². The summed E-state index contributed by atoms with van der Waals surface area (Å²) in [6.45, 7) is 11.1. The summed E-state index contributed by atoms with van der Waals surface area (Å²) in [4.78, 5) is 7.26. The molecule has 5 heteroatoms. The highest BCUT2D eigenvalue weighted by molar-refractivity contribution is 5.79. The minimum absolute atomic E-state index is 0.583. The Morgan fingerprint density at radius 3 is 2.67 bits per heavy atom. The maximum absolute atomic E-state index is 5.70. The van der Waals surface area contributed by atoms with Crippen LogP contribution in [0.3, 0.4) is 0 Å². The molecule has 1 unspecified atom stereocenters. The van der Waals surface area contributed by atoms with E-state index in [1.54, 1.807) is 0 Å². The molecule has 1 atom stereocenters. The van der Waals surface area contributed by atoms with Gasteiger partial charge in [-0.05, 0) is 50.9 Å². The fourth-order valence-corrected chi connectivity index (χ4v) is 2.91. The number of ether oxygens (including phenoxy) is 1. The monoisotopic (exact) mass is 332 g/mol. The zero-order valence-corrected chi connectivity index (χ0v) is 15.1. The third-order valence-corrected chi connectivity index (χ3v) is 4.08. The maximum atomic E-state index is 5.70. The maximum Gasteiger partial charge on any atom is 0.191 e. The van der Waals surface area contributed by atoms with Crippen LogP contribution in [0.25, 0.3) is 0 Å². The standard InChI is InChI=1S/C19H32N4O/c1-3-20-19(21-11-14-24-18-9-5-4-6-10-18)22-15-17(2)16-23-12-7-8-13-23/h4-6,9-10,17H,3,7-8,11-16H2,1-2H3,(H2,20,21,22). The molecule has 5 nitrogen and oxygen atoms in total. The second-order valence-corrected chi connectivity index (χ2v) is 6.42.